The fourth-order valence-electron chi connectivity index (χ4n) is 3.24. The largest absolute Gasteiger partial charge is 0.465 e. The van der Waals surface area contributed by atoms with Gasteiger partial charge in [-0.05, 0) is 42.0 Å². The molecule has 0 amide bonds. The molecule has 5 heteroatoms. The summed E-state index contributed by atoms with van der Waals surface area (Å²) in [4.78, 5) is 16.1. The maximum absolute atomic E-state index is 11.7. The highest BCUT2D eigenvalue weighted by molar-refractivity contribution is 6.01. The highest BCUT2D eigenvalue weighted by atomic mass is 16.5. The highest BCUT2D eigenvalue weighted by Gasteiger charge is 2.30. The molecule has 0 fully saturated rings. The number of hydrogen-bond acceptors (Lipinski definition) is 5. The molecule has 4 rings (SSSR count). The van der Waals surface area contributed by atoms with Crippen LogP contribution < -0.4 is 5.01 Å². The Morgan fingerprint density at radius 2 is 1.74 bits per heavy atom. The number of nitrogens with zero attached hydrogens (tertiary/aromatic N) is 3. The van der Waals surface area contributed by atoms with E-state index in [1.165, 1.54) is 12.7 Å². The SMILES string of the molecule is COC(=O)c1ccc(N2N=C(c3ccccn3)CC2c2ccccc2)cc1. The minimum atomic E-state index is -0.347. The second-order valence-electron chi connectivity index (χ2n) is 6.28. The maximum Gasteiger partial charge on any atom is 0.337 e. The third-order valence-electron chi connectivity index (χ3n) is 4.61. The number of ether oxygens (including phenoxy) is 1. The average Bonchev–Trinajstić information content (AvgIpc) is 3.20. The number of hydrogen-bond donors (Lipinski definition) is 0. The molecule has 2 heterocycles. The number of methoxy groups -OCH3 is 1. The number of carbonyl (C=O) groups is 1. The quantitative estimate of drug-likeness (QED) is 0.656. The van der Waals surface area contributed by atoms with Crippen LogP contribution >= 0.6 is 0 Å². The third-order valence-corrected chi connectivity index (χ3v) is 4.61. The monoisotopic (exact) mass is 357 g/mol. The van der Waals surface area contributed by atoms with E-state index < -0.39 is 0 Å². The maximum atomic E-state index is 11.7. The van der Waals surface area contributed by atoms with E-state index >= 15 is 0 Å². The van der Waals surface area contributed by atoms with Crippen LogP contribution in [0.25, 0.3) is 0 Å². The Kier molecular flexibility index (Phi) is 4.66. The van der Waals surface area contributed by atoms with Gasteiger partial charge in [0.05, 0.1) is 35.8 Å². The van der Waals surface area contributed by atoms with Crippen molar-refractivity contribution in [3.8, 4) is 0 Å². The Balaban J connectivity index is 1.71. The van der Waals surface area contributed by atoms with Gasteiger partial charge in [0.2, 0.25) is 0 Å². The molecule has 1 aromatic heterocycles. The standard InChI is InChI=1S/C22H19N3O2/c1-27-22(26)17-10-12-18(13-11-17)25-21(16-7-3-2-4-8-16)15-20(24-25)19-9-5-6-14-23-19/h2-14,21H,15H2,1H3. The molecule has 0 saturated carbocycles. The highest BCUT2D eigenvalue weighted by Crippen LogP contribution is 2.36. The average molecular weight is 357 g/mol. The Bertz CT molecular complexity index is 954. The summed E-state index contributed by atoms with van der Waals surface area (Å²) in [5.41, 5.74) is 4.45. The molecular weight excluding hydrogens is 338 g/mol. The smallest absolute Gasteiger partial charge is 0.337 e. The Labute approximate surface area is 157 Å². The van der Waals surface area contributed by atoms with E-state index in [-0.39, 0.29) is 12.0 Å². The first kappa shape index (κ1) is 17.0. The number of rotatable bonds is 4. The van der Waals surface area contributed by atoms with E-state index in [1.54, 1.807) is 18.3 Å². The van der Waals surface area contributed by atoms with Gasteiger partial charge in [0.25, 0.3) is 0 Å². The van der Waals surface area contributed by atoms with Crippen molar-refractivity contribution in [3.63, 3.8) is 0 Å². The van der Waals surface area contributed by atoms with E-state index in [1.807, 2.05) is 53.5 Å². The van der Waals surface area contributed by atoms with Gasteiger partial charge in [-0.3, -0.25) is 9.99 Å². The molecule has 0 radical (unpaired) electrons. The van der Waals surface area contributed by atoms with Crippen LogP contribution in [-0.4, -0.2) is 23.8 Å². The van der Waals surface area contributed by atoms with Crippen LogP contribution in [0.4, 0.5) is 5.69 Å². The van der Waals surface area contributed by atoms with Crippen molar-refractivity contribution in [1.29, 1.82) is 0 Å². The minimum absolute atomic E-state index is 0.0761. The molecule has 2 aromatic carbocycles. The fourth-order valence-corrected chi connectivity index (χ4v) is 3.24. The molecule has 0 N–H and O–H groups in total. The molecule has 1 atom stereocenters. The second-order valence-corrected chi connectivity index (χ2v) is 6.28. The van der Waals surface area contributed by atoms with Crippen LogP contribution in [0.2, 0.25) is 0 Å². The molecule has 0 bridgehead atoms. The number of esters is 1. The van der Waals surface area contributed by atoms with Crippen molar-refractivity contribution in [2.75, 3.05) is 12.1 Å². The first-order valence-corrected chi connectivity index (χ1v) is 8.77. The van der Waals surface area contributed by atoms with Crippen molar-refractivity contribution in [2.45, 2.75) is 12.5 Å². The molecule has 0 saturated heterocycles. The minimum Gasteiger partial charge on any atom is -0.465 e. The molecular formula is C22H19N3O2. The second kappa shape index (κ2) is 7.41. The molecule has 3 aromatic rings. The number of carbonyl (C=O) groups excluding carboxylic acids is 1. The summed E-state index contributed by atoms with van der Waals surface area (Å²) >= 11 is 0. The van der Waals surface area contributed by atoms with Gasteiger partial charge in [0.15, 0.2) is 0 Å². The lowest BCUT2D eigenvalue weighted by atomic mass is 10.00. The number of pyridine rings is 1. The summed E-state index contributed by atoms with van der Waals surface area (Å²) in [5, 5.41) is 6.85. The topological polar surface area (TPSA) is 54.8 Å². The predicted molar refractivity (Wildman–Crippen MR) is 105 cm³/mol. The van der Waals surface area contributed by atoms with Crippen molar-refractivity contribution < 1.29 is 9.53 Å². The Morgan fingerprint density at radius 3 is 2.41 bits per heavy atom. The van der Waals surface area contributed by atoms with E-state index in [0.717, 1.165) is 23.5 Å². The lowest BCUT2D eigenvalue weighted by Crippen LogP contribution is -2.18. The summed E-state index contributed by atoms with van der Waals surface area (Å²) in [6.07, 6.45) is 2.54. The summed E-state index contributed by atoms with van der Waals surface area (Å²) in [6.45, 7) is 0. The van der Waals surface area contributed by atoms with Crippen LogP contribution in [0, 0.1) is 0 Å². The van der Waals surface area contributed by atoms with E-state index in [0.29, 0.717) is 5.56 Å². The van der Waals surface area contributed by atoms with Crippen LogP contribution in [-0.2, 0) is 4.74 Å². The summed E-state index contributed by atoms with van der Waals surface area (Å²) in [6, 6.07) is 23.5. The van der Waals surface area contributed by atoms with Crippen LogP contribution in [0.15, 0.2) is 84.1 Å². The van der Waals surface area contributed by atoms with E-state index in [4.69, 9.17) is 9.84 Å². The number of anilines is 1. The number of aromatic nitrogens is 1. The number of benzene rings is 2. The first-order chi connectivity index (χ1) is 13.3. The van der Waals surface area contributed by atoms with Gasteiger partial charge >= 0.3 is 5.97 Å². The van der Waals surface area contributed by atoms with Crippen molar-refractivity contribution in [3.05, 3.63) is 95.8 Å². The summed E-state index contributed by atoms with van der Waals surface area (Å²) in [7, 11) is 1.38. The first-order valence-electron chi connectivity index (χ1n) is 8.77. The van der Waals surface area contributed by atoms with Gasteiger partial charge in [-0.1, -0.05) is 36.4 Å². The molecule has 27 heavy (non-hydrogen) atoms. The van der Waals surface area contributed by atoms with E-state index in [2.05, 4.69) is 17.1 Å². The van der Waals surface area contributed by atoms with Gasteiger partial charge in [-0.2, -0.15) is 5.10 Å². The van der Waals surface area contributed by atoms with Crippen LogP contribution in [0.3, 0.4) is 0 Å². The van der Waals surface area contributed by atoms with Gasteiger partial charge in [-0.25, -0.2) is 4.79 Å². The predicted octanol–water partition coefficient (Wildman–Crippen LogP) is 4.22. The molecule has 0 spiro atoms. The normalized spacial score (nSPS) is 16.1. The Morgan fingerprint density at radius 1 is 1.00 bits per heavy atom. The molecule has 1 aliphatic rings. The third kappa shape index (κ3) is 3.44. The van der Waals surface area contributed by atoms with E-state index in [9.17, 15) is 4.79 Å². The van der Waals surface area contributed by atoms with Gasteiger partial charge in [0, 0.05) is 12.6 Å². The zero-order chi connectivity index (χ0) is 18.6. The zero-order valence-electron chi connectivity index (χ0n) is 14.9. The summed E-state index contributed by atoms with van der Waals surface area (Å²) in [5.74, 6) is -0.347. The van der Waals surface area contributed by atoms with Crippen molar-refractivity contribution in [2.24, 2.45) is 5.10 Å². The molecule has 5 nitrogen and oxygen atoms in total. The molecule has 0 aliphatic carbocycles. The van der Waals surface area contributed by atoms with Gasteiger partial charge in [0.1, 0.15) is 0 Å². The van der Waals surface area contributed by atoms with Crippen LogP contribution in [0.1, 0.15) is 34.1 Å². The lowest BCUT2D eigenvalue weighted by molar-refractivity contribution is 0.0601. The van der Waals surface area contributed by atoms with Gasteiger partial charge in [-0.15, -0.1) is 0 Å². The van der Waals surface area contributed by atoms with Crippen molar-refractivity contribution in [1.82, 2.24) is 4.98 Å². The van der Waals surface area contributed by atoms with Gasteiger partial charge < -0.3 is 4.74 Å². The Hall–Kier alpha value is -3.47. The lowest BCUT2D eigenvalue weighted by Gasteiger charge is -2.24. The fraction of sp³-hybridized carbons (Fsp3) is 0.136. The van der Waals surface area contributed by atoms with Crippen molar-refractivity contribution >= 4 is 17.4 Å². The zero-order valence-corrected chi connectivity index (χ0v) is 14.9. The molecule has 134 valence electrons. The number of hydrazone groups is 1. The molecule has 1 unspecified atom stereocenters. The molecule has 1 aliphatic heterocycles. The van der Waals surface area contributed by atoms with Crippen LogP contribution in [0.5, 0.6) is 0 Å². The summed E-state index contributed by atoms with van der Waals surface area (Å²) < 4.78 is 4.78.